The van der Waals surface area contributed by atoms with Crippen molar-refractivity contribution in [1.82, 2.24) is 4.98 Å². The Morgan fingerprint density at radius 3 is 2.52 bits per heavy atom. The van der Waals surface area contributed by atoms with Crippen LogP contribution in [0, 0.1) is 0 Å². The number of Topliss-reactive ketones (excluding diaryl/α,β-unsaturated/α-hetero) is 1. The van der Waals surface area contributed by atoms with Crippen LogP contribution in [0.1, 0.15) is 37.6 Å². The minimum atomic E-state index is -1.17. The maximum absolute atomic E-state index is 12.6. The summed E-state index contributed by atoms with van der Waals surface area (Å²) in [6.07, 6.45) is -1.60. The lowest BCUT2D eigenvalue weighted by Crippen LogP contribution is -2.45. The van der Waals surface area contributed by atoms with E-state index < -0.39 is 29.7 Å². The standard InChI is InChI=1S/C21H20BrN3O5S/c1-21(2,3)25(20(29)30)15-7-5-12(22)9-14(15)23-18(27)10-16(26)11-4-6-13-17(8-11)31-19(28)24-13/h4-9H,10H2,1-3H3,(H,23,27)(H,24,28)(H,29,30). The van der Waals surface area contributed by atoms with Crippen LogP contribution in [0.2, 0.25) is 0 Å². The molecule has 0 aliphatic carbocycles. The van der Waals surface area contributed by atoms with Crippen LogP contribution in [-0.4, -0.2) is 33.4 Å². The molecule has 2 aromatic carbocycles. The minimum Gasteiger partial charge on any atom is -0.465 e. The van der Waals surface area contributed by atoms with Crippen LogP contribution >= 0.6 is 27.3 Å². The van der Waals surface area contributed by atoms with Crippen molar-refractivity contribution in [3.05, 3.63) is 56.1 Å². The number of hydrogen-bond donors (Lipinski definition) is 3. The Morgan fingerprint density at radius 2 is 1.87 bits per heavy atom. The number of benzene rings is 2. The number of carboxylic acid groups (broad SMARTS) is 1. The fourth-order valence-electron chi connectivity index (χ4n) is 3.12. The third kappa shape index (κ3) is 5.20. The van der Waals surface area contributed by atoms with E-state index in [-0.39, 0.29) is 10.6 Å². The topological polar surface area (TPSA) is 120 Å². The van der Waals surface area contributed by atoms with Gasteiger partial charge in [0.25, 0.3) is 0 Å². The zero-order chi connectivity index (χ0) is 22.9. The van der Waals surface area contributed by atoms with E-state index in [1.54, 1.807) is 57.2 Å². The van der Waals surface area contributed by atoms with Crippen LogP contribution in [0.25, 0.3) is 10.2 Å². The first-order valence-electron chi connectivity index (χ1n) is 9.24. The first-order chi connectivity index (χ1) is 14.5. The summed E-state index contributed by atoms with van der Waals surface area (Å²) in [5.74, 6) is -0.992. The van der Waals surface area contributed by atoms with Gasteiger partial charge in [0.15, 0.2) is 5.78 Å². The monoisotopic (exact) mass is 505 g/mol. The number of ketones is 1. The van der Waals surface area contributed by atoms with Crippen molar-refractivity contribution < 1.29 is 19.5 Å². The van der Waals surface area contributed by atoms with Gasteiger partial charge in [-0.2, -0.15) is 0 Å². The number of nitrogens with zero attached hydrogens (tertiary/aromatic N) is 1. The molecular weight excluding hydrogens is 486 g/mol. The van der Waals surface area contributed by atoms with Gasteiger partial charge in [0, 0.05) is 15.6 Å². The molecule has 0 unspecified atom stereocenters. The average Bonchev–Trinajstić information content (AvgIpc) is 3.01. The third-order valence-corrected chi connectivity index (χ3v) is 5.74. The lowest BCUT2D eigenvalue weighted by atomic mass is 10.0. The molecule has 3 aromatic rings. The van der Waals surface area contributed by atoms with Crippen LogP contribution in [-0.2, 0) is 4.79 Å². The van der Waals surface area contributed by atoms with E-state index >= 15 is 0 Å². The second kappa shape index (κ2) is 8.64. The second-order valence-corrected chi connectivity index (χ2v) is 9.75. The molecule has 3 N–H and O–H groups in total. The van der Waals surface area contributed by atoms with E-state index in [2.05, 4.69) is 26.2 Å². The van der Waals surface area contributed by atoms with Crippen molar-refractivity contribution in [2.24, 2.45) is 0 Å². The number of carbonyl (C=O) groups is 3. The number of aromatic nitrogens is 1. The van der Waals surface area contributed by atoms with Gasteiger partial charge in [-0.15, -0.1) is 0 Å². The van der Waals surface area contributed by atoms with Crippen molar-refractivity contribution in [2.45, 2.75) is 32.7 Å². The Hall–Kier alpha value is -2.98. The molecule has 162 valence electrons. The molecule has 0 atom stereocenters. The lowest BCUT2D eigenvalue weighted by Gasteiger charge is -2.34. The quantitative estimate of drug-likeness (QED) is 0.338. The Balaban J connectivity index is 1.83. The Labute approximate surface area is 190 Å². The van der Waals surface area contributed by atoms with Crippen LogP contribution < -0.4 is 15.1 Å². The minimum absolute atomic E-state index is 0.221. The van der Waals surface area contributed by atoms with Crippen LogP contribution in [0.4, 0.5) is 16.2 Å². The Kier molecular flexibility index (Phi) is 6.33. The van der Waals surface area contributed by atoms with Crippen molar-refractivity contribution in [3.63, 3.8) is 0 Å². The number of thiazole rings is 1. The maximum atomic E-state index is 12.6. The van der Waals surface area contributed by atoms with Gasteiger partial charge in [-0.1, -0.05) is 27.3 Å². The van der Waals surface area contributed by atoms with E-state index in [9.17, 15) is 24.3 Å². The highest BCUT2D eigenvalue weighted by Crippen LogP contribution is 2.34. The Morgan fingerprint density at radius 1 is 1.16 bits per heavy atom. The number of nitrogens with one attached hydrogen (secondary N) is 2. The van der Waals surface area contributed by atoms with Gasteiger partial charge < -0.3 is 15.4 Å². The van der Waals surface area contributed by atoms with Crippen LogP contribution in [0.5, 0.6) is 0 Å². The summed E-state index contributed by atoms with van der Waals surface area (Å²) in [5, 5.41) is 12.3. The zero-order valence-electron chi connectivity index (χ0n) is 17.0. The number of fused-ring (bicyclic) bond motifs is 1. The SMILES string of the molecule is CC(C)(C)N(C(=O)O)c1ccc(Br)cc1NC(=O)CC(=O)c1ccc2[nH]c(=O)sc2c1. The number of rotatable bonds is 5. The molecule has 2 amide bonds. The molecule has 0 bridgehead atoms. The normalized spacial score (nSPS) is 11.4. The van der Waals surface area contributed by atoms with Gasteiger partial charge in [-0.25, -0.2) is 4.79 Å². The molecule has 0 aliphatic heterocycles. The molecule has 0 radical (unpaired) electrons. The molecule has 8 nitrogen and oxygen atoms in total. The maximum Gasteiger partial charge on any atom is 0.412 e. The molecular formula is C21H20BrN3O5S. The predicted octanol–water partition coefficient (Wildman–Crippen LogP) is 4.85. The summed E-state index contributed by atoms with van der Waals surface area (Å²) in [6, 6.07) is 9.60. The summed E-state index contributed by atoms with van der Waals surface area (Å²) < 4.78 is 1.28. The van der Waals surface area contributed by atoms with Gasteiger partial charge in [0.05, 0.1) is 28.0 Å². The largest absolute Gasteiger partial charge is 0.465 e. The fraction of sp³-hybridized carbons (Fsp3) is 0.238. The van der Waals surface area contributed by atoms with Gasteiger partial charge >= 0.3 is 11.0 Å². The smallest absolute Gasteiger partial charge is 0.412 e. The van der Waals surface area contributed by atoms with E-state index in [1.807, 2.05) is 0 Å². The van der Waals surface area contributed by atoms with E-state index in [1.165, 1.54) is 0 Å². The van der Waals surface area contributed by atoms with E-state index in [0.29, 0.717) is 25.9 Å². The third-order valence-electron chi connectivity index (χ3n) is 4.40. The highest BCUT2D eigenvalue weighted by Gasteiger charge is 2.30. The number of H-pyrrole nitrogens is 1. The average molecular weight is 506 g/mol. The molecule has 1 heterocycles. The molecule has 0 saturated carbocycles. The zero-order valence-corrected chi connectivity index (χ0v) is 19.4. The van der Waals surface area contributed by atoms with Crippen molar-refractivity contribution >= 4 is 66.6 Å². The Bertz CT molecular complexity index is 1240. The summed E-state index contributed by atoms with van der Waals surface area (Å²) >= 11 is 4.31. The first-order valence-corrected chi connectivity index (χ1v) is 10.9. The first kappa shape index (κ1) is 22.7. The number of anilines is 2. The summed E-state index contributed by atoms with van der Waals surface area (Å²) in [7, 11) is 0. The van der Waals surface area contributed by atoms with Crippen LogP contribution in [0.3, 0.4) is 0 Å². The molecule has 0 spiro atoms. The molecule has 0 fully saturated rings. The van der Waals surface area contributed by atoms with Crippen molar-refractivity contribution in [1.29, 1.82) is 0 Å². The second-order valence-electron chi connectivity index (χ2n) is 7.82. The number of amides is 2. The number of aromatic amines is 1. The van der Waals surface area contributed by atoms with E-state index in [0.717, 1.165) is 16.2 Å². The van der Waals surface area contributed by atoms with E-state index in [4.69, 9.17) is 0 Å². The predicted molar refractivity (Wildman–Crippen MR) is 124 cm³/mol. The van der Waals surface area contributed by atoms with Gasteiger partial charge in [0.2, 0.25) is 5.91 Å². The summed E-state index contributed by atoms with van der Waals surface area (Å²) in [4.78, 5) is 52.1. The highest BCUT2D eigenvalue weighted by molar-refractivity contribution is 9.10. The number of halogens is 1. The number of carbonyl (C=O) groups excluding carboxylic acids is 2. The lowest BCUT2D eigenvalue weighted by molar-refractivity contribution is -0.115. The fourth-order valence-corrected chi connectivity index (χ4v) is 4.25. The molecule has 0 aliphatic rings. The van der Waals surface area contributed by atoms with Crippen molar-refractivity contribution in [2.75, 3.05) is 10.2 Å². The van der Waals surface area contributed by atoms with Gasteiger partial charge in [0.1, 0.15) is 0 Å². The number of hydrogen-bond acceptors (Lipinski definition) is 5. The molecule has 3 rings (SSSR count). The summed E-state index contributed by atoms with van der Waals surface area (Å²) in [5.41, 5.74) is 0.744. The summed E-state index contributed by atoms with van der Waals surface area (Å²) in [6.45, 7) is 5.22. The molecule has 0 saturated heterocycles. The molecule has 10 heteroatoms. The molecule has 1 aromatic heterocycles. The van der Waals surface area contributed by atoms with Gasteiger partial charge in [-0.3, -0.25) is 19.3 Å². The van der Waals surface area contributed by atoms with Crippen LogP contribution in [0.15, 0.2) is 45.7 Å². The van der Waals surface area contributed by atoms with Gasteiger partial charge in [-0.05, 0) is 57.2 Å². The highest BCUT2D eigenvalue weighted by atomic mass is 79.9. The molecule has 31 heavy (non-hydrogen) atoms. The van der Waals surface area contributed by atoms with Crippen molar-refractivity contribution in [3.8, 4) is 0 Å².